The van der Waals surface area contributed by atoms with Crippen molar-refractivity contribution in [3.8, 4) is 0 Å². The molecule has 1 heteroatoms. The van der Waals surface area contributed by atoms with Gasteiger partial charge in [-0.3, -0.25) is 4.42 Å². The average Bonchev–Trinajstić information content (AvgIpc) is 1.35. The molecule has 6 heavy (non-hydrogen) atoms. The lowest BCUT2D eigenvalue weighted by Crippen LogP contribution is -1.92. The molecule has 0 aliphatic carbocycles. The summed E-state index contributed by atoms with van der Waals surface area (Å²) in [5.41, 5.74) is 0. The van der Waals surface area contributed by atoms with E-state index in [1.54, 1.807) is 0 Å². The Bertz CT molecular complexity index is 39.2. The van der Waals surface area contributed by atoms with E-state index in [0.29, 0.717) is 5.92 Å². The molecule has 0 fully saturated rings. The van der Waals surface area contributed by atoms with Gasteiger partial charge in [-0.15, -0.1) is 0 Å². The molecule has 1 nitrogen and oxygen atoms in total. The fraction of sp³-hybridized carbons (Fsp3) is 0.800. The van der Waals surface area contributed by atoms with Crippen molar-refractivity contribution >= 4 is 6.79 Å². The number of hydrogen-bond acceptors (Lipinski definition) is 0. The summed E-state index contributed by atoms with van der Waals surface area (Å²) in [6, 6.07) is 0. The van der Waals surface area contributed by atoms with Crippen LogP contribution in [-0.2, 0) is 4.42 Å². The maximum atomic E-state index is 4.55. The quantitative estimate of drug-likeness (QED) is 0.445. The molecule has 0 aliphatic rings. The van der Waals surface area contributed by atoms with Crippen molar-refractivity contribution in [1.29, 1.82) is 0 Å². The van der Waals surface area contributed by atoms with Gasteiger partial charge in [0.15, 0.2) is 0 Å². The van der Waals surface area contributed by atoms with Gasteiger partial charge in [-0.25, -0.2) is 0 Å². The zero-order valence-corrected chi connectivity index (χ0v) is 4.40. The fourth-order valence-corrected chi connectivity index (χ4v) is 0.236. The lowest BCUT2D eigenvalue weighted by atomic mass is 10.2. The highest BCUT2D eigenvalue weighted by atomic mass is 16.4. The molecule has 0 bridgehead atoms. The standard InChI is InChI=1S/C5H11O/c1-5(2)4-6-3/h5H,3-4H2,1-2H3/q+1. The predicted octanol–water partition coefficient (Wildman–Crippen LogP) is 1.01. The molecule has 0 aromatic carbocycles. The molecule has 0 amide bonds. The summed E-state index contributed by atoms with van der Waals surface area (Å²) >= 11 is 0. The minimum atomic E-state index is 0.613. The molecule has 0 saturated heterocycles. The second-order valence-corrected chi connectivity index (χ2v) is 1.76. The zero-order chi connectivity index (χ0) is 4.99. The van der Waals surface area contributed by atoms with Gasteiger partial charge >= 0.3 is 0 Å². The van der Waals surface area contributed by atoms with Crippen LogP contribution in [0.2, 0.25) is 0 Å². The van der Waals surface area contributed by atoms with Gasteiger partial charge in [0.25, 0.3) is 13.4 Å². The Balaban J connectivity index is 2.81. The molecule has 0 saturated carbocycles. The minimum Gasteiger partial charge on any atom is -0.270 e. The summed E-state index contributed by atoms with van der Waals surface area (Å²) in [7, 11) is 0. The smallest absolute Gasteiger partial charge is 0.270 e. The third kappa shape index (κ3) is 3.67. The van der Waals surface area contributed by atoms with Crippen molar-refractivity contribution in [3.05, 3.63) is 0 Å². The molecule has 36 valence electrons. The van der Waals surface area contributed by atoms with E-state index >= 15 is 0 Å². The third-order valence-electron chi connectivity index (χ3n) is 0.451. The molecule has 0 unspecified atom stereocenters. The highest BCUT2D eigenvalue weighted by molar-refractivity contribution is 5.12. The molecule has 0 heterocycles. The van der Waals surface area contributed by atoms with Crippen molar-refractivity contribution in [2.45, 2.75) is 13.8 Å². The van der Waals surface area contributed by atoms with Gasteiger partial charge in [0.2, 0.25) is 0 Å². The molecule has 0 spiro atoms. The SMILES string of the molecule is C=[O+]CC(C)C. The maximum Gasteiger partial charge on any atom is 0.273 e. The zero-order valence-electron chi connectivity index (χ0n) is 4.40. The lowest BCUT2D eigenvalue weighted by molar-refractivity contribution is -0.454. The lowest BCUT2D eigenvalue weighted by Gasteiger charge is -1.83. The third-order valence-corrected chi connectivity index (χ3v) is 0.451. The first kappa shape index (κ1) is 5.67. The first-order chi connectivity index (χ1) is 2.77. The second kappa shape index (κ2) is 2.88. The molecule has 0 aromatic heterocycles. The Morgan fingerprint density at radius 3 is 2.17 bits per heavy atom. The molecular weight excluding hydrogens is 76.1 g/mol. The summed E-state index contributed by atoms with van der Waals surface area (Å²) < 4.78 is 4.55. The van der Waals surface area contributed by atoms with Gasteiger partial charge in [0, 0.05) is 5.92 Å². The van der Waals surface area contributed by atoms with Crippen molar-refractivity contribution < 1.29 is 4.42 Å². The molecule has 0 aromatic rings. The Labute approximate surface area is 38.7 Å². The number of rotatable bonds is 2. The van der Waals surface area contributed by atoms with E-state index in [1.165, 1.54) is 0 Å². The normalized spacial score (nSPS) is 9.17. The minimum absolute atomic E-state index is 0.613. The van der Waals surface area contributed by atoms with E-state index in [2.05, 4.69) is 25.1 Å². The van der Waals surface area contributed by atoms with Gasteiger partial charge in [-0.05, 0) is 0 Å². The molecule has 0 rings (SSSR count). The Kier molecular flexibility index (Phi) is 2.73. The van der Waals surface area contributed by atoms with Gasteiger partial charge in [0.05, 0.1) is 0 Å². The van der Waals surface area contributed by atoms with Crippen LogP contribution in [0, 0.1) is 5.92 Å². The molecule has 0 aliphatic heterocycles. The highest BCUT2D eigenvalue weighted by Gasteiger charge is 1.93. The Morgan fingerprint density at radius 2 is 2.17 bits per heavy atom. The van der Waals surface area contributed by atoms with Gasteiger partial charge < -0.3 is 0 Å². The number of hydrogen-bond donors (Lipinski definition) is 0. The Morgan fingerprint density at radius 1 is 1.67 bits per heavy atom. The van der Waals surface area contributed by atoms with Gasteiger partial charge in [-0.1, -0.05) is 13.8 Å². The first-order valence-corrected chi connectivity index (χ1v) is 2.14. The summed E-state index contributed by atoms with van der Waals surface area (Å²) in [5.74, 6) is 0.613. The topological polar surface area (TPSA) is 11.3 Å². The van der Waals surface area contributed by atoms with E-state index in [9.17, 15) is 0 Å². The van der Waals surface area contributed by atoms with E-state index in [4.69, 9.17) is 0 Å². The van der Waals surface area contributed by atoms with Crippen molar-refractivity contribution in [1.82, 2.24) is 0 Å². The Hall–Kier alpha value is -0.330. The summed E-state index contributed by atoms with van der Waals surface area (Å²) in [6.07, 6.45) is 0. The van der Waals surface area contributed by atoms with Crippen LogP contribution < -0.4 is 0 Å². The van der Waals surface area contributed by atoms with Crippen molar-refractivity contribution in [2.75, 3.05) is 6.61 Å². The molecule has 0 radical (unpaired) electrons. The van der Waals surface area contributed by atoms with Crippen LogP contribution in [0.3, 0.4) is 0 Å². The fourth-order valence-electron chi connectivity index (χ4n) is 0.236. The summed E-state index contributed by atoms with van der Waals surface area (Å²) in [4.78, 5) is 0. The average molecular weight is 87.1 g/mol. The van der Waals surface area contributed by atoms with Gasteiger partial charge in [0.1, 0.15) is 0 Å². The molecule has 0 N–H and O–H groups in total. The largest absolute Gasteiger partial charge is 0.273 e. The van der Waals surface area contributed by atoms with Crippen LogP contribution >= 0.6 is 0 Å². The van der Waals surface area contributed by atoms with Gasteiger partial charge in [-0.2, -0.15) is 0 Å². The van der Waals surface area contributed by atoms with Crippen LogP contribution in [0.1, 0.15) is 13.8 Å². The van der Waals surface area contributed by atoms with Crippen LogP contribution in [0.4, 0.5) is 0 Å². The van der Waals surface area contributed by atoms with Crippen LogP contribution in [0.5, 0.6) is 0 Å². The maximum absolute atomic E-state index is 4.55. The molecular formula is C5H11O+. The van der Waals surface area contributed by atoms with Crippen LogP contribution in [0.15, 0.2) is 0 Å². The second-order valence-electron chi connectivity index (χ2n) is 1.76. The van der Waals surface area contributed by atoms with Crippen LogP contribution in [0.25, 0.3) is 0 Å². The highest BCUT2D eigenvalue weighted by Crippen LogP contribution is 1.85. The monoisotopic (exact) mass is 87.1 g/mol. The van der Waals surface area contributed by atoms with Crippen molar-refractivity contribution in [3.63, 3.8) is 0 Å². The molecule has 0 atom stereocenters. The first-order valence-electron chi connectivity index (χ1n) is 2.14. The summed E-state index contributed by atoms with van der Waals surface area (Å²) in [6.45, 7) is 8.17. The predicted molar refractivity (Wildman–Crippen MR) is 26.8 cm³/mol. The van der Waals surface area contributed by atoms with E-state index < -0.39 is 0 Å². The van der Waals surface area contributed by atoms with E-state index in [0.717, 1.165) is 6.61 Å². The number of carbonyl (C=O) groups excluding carboxylic acids is 1. The van der Waals surface area contributed by atoms with Crippen molar-refractivity contribution in [2.24, 2.45) is 5.92 Å². The van der Waals surface area contributed by atoms with Crippen LogP contribution in [-0.4, -0.2) is 13.4 Å². The van der Waals surface area contributed by atoms with E-state index in [-0.39, 0.29) is 0 Å². The van der Waals surface area contributed by atoms with E-state index in [1.807, 2.05) is 0 Å². The summed E-state index contributed by atoms with van der Waals surface area (Å²) in [5, 5.41) is 0.